The van der Waals surface area contributed by atoms with Gasteiger partial charge in [-0.1, -0.05) is 30.3 Å². The van der Waals surface area contributed by atoms with Gasteiger partial charge in [-0.05, 0) is 60.2 Å². The first-order chi connectivity index (χ1) is 16.5. The Labute approximate surface area is 199 Å². The van der Waals surface area contributed by atoms with E-state index in [1.54, 1.807) is 18.9 Å². The topological polar surface area (TPSA) is 62.7 Å². The maximum atomic E-state index is 13.9. The third-order valence-corrected chi connectivity index (χ3v) is 6.85. The summed E-state index contributed by atoms with van der Waals surface area (Å²) in [7, 11) is 1.67. The van der Waals surface area contributed by atoms with Gasteiger partial charge in [0.2, 0.25) is 5.91 Å². The van der Waals surface area contributed by atoms with Crippen LogP contribution in [0.4, 0.5) is 0 Å². The normalized spacial score (nSPS) is 17.1. The second-order valence-electron chi connectivity index (χ2n) is 8.93. The highest BCUT2D eigenvalue weighted by atomic mass is 16.5. The number of carbonyl (C=O) groups excluding carboxylic acids is 2. The van der Waals surface area contributed by atoms with Crippen LogP contribution in [0.2, 0.25) is 0 Å². The number of pyridine rings is 1. The third kappa shape index (κ3) is 4.16. The molecular formula is C28H29N3O3. The molecule has 2 aliphatic rings. The molecule has 0 spiro atoms. The van der Waals surface area contributed by atoms with Gasteiger partial charge in [-0.2, -0.15) is 0 Å². The van der Waals surface area contributed by atoms with Crippen LogP contribution in [0.3, 0.4) is 0 Å². The number of nitrogens with zero attached hydrogens (tertiary/aromatic N) is 3. The molecule has 6 heteroatoms. The highest BCUT2D eigenvalue weighted by Crippen LogP contribution is 2.37. The van der Waals surface area contributed by atoms with E-state index in [2.05, 4.69) is 6.08 Å². The number of para-hydroxylation sites is 1. The second-order valence-corrected chi connectivity index (χ2v) is 8.93. The third-order valence-electron chi connectivity index (χ3n) is 6.85. The van der Waals surface area contributed by atoms with Crippen molar-refractivity contribution in [3.05, 3.63) is 70.9 Å². The average Bonchev–Trinajstić information content (AvgIpc) is 2.88. The highest BCUT2D eigenvalue weighted by Gasteiger charge is 2.29. The second kappa shape index (κ2) is 9.29. The van der Waals surface area contributed by atoms with Crippen LogP contribution in [0.15, 0.2) is 48.5 Å². The molecule has 0 atom stereocenters. The van der Waals surface area contributed by atoms with Crippen molar-refractivity contribution in [2.75, 3.05) is 33.3 Å². The number of benzene rings is 2. The zero-order valence-corrected chi connectivity index (χ0v) is 19.7. The van der Waals surface area contributed by atoms with Crippen LogP contribution in [0.5, 0.6) is 5.75 Å². The number of aromatic nitrogens is 1. The lowest BCUT2D eigenvalue weighted by atomic mass is 9.85. The summed E-state index contributed by atoms with van der Waals surface area (Å²) in [6.07, 6.45) is 4.92. The molecule has 6 nitrogen and oxygen atoms in total. The Morgan fingerprint density at radius 3 is 2.35 bits per heavy atom. The molecule has 2 amide bonds. The lowest BCUT2D eigenvalue weighted by Crippen LogP contribution is -2.50. The van der Waals surface area contributed by atoms with Gasteiger partial charge in [0.1, 0.15) is 5.75 Å². The molecule has 0 saturated carbocycles. The van der Waals surface area contributed by atoms with Crippen molar-refractivity contribution < 1.29 is 14.3 Å². The summed E-state index contributed by atoms with van der Waals surface area (Å²) in [6, 6.07) is 15.9. The van der Waals surface area contributed by atoms with Gasteiger partial charge in [0, 0.05) is 38.5 Å². The maximum Gasteiger partial charge on any atom is 0.255 e. The Kier molecular flexibility index (Phi) is 6.05. The van der Waals surface area contributed by atoms with Crippen molar-refractivity contribution in [1.82, 2.24) is 14.8 Å². The standard InChI is InChI=1S/C28H29N3O3/c1-19(32)30-14-16-31(17-15-30)28(33)26-23-7-3-4-9-25(23)29-27-21(6-5-8-24(26)27)18-20-10-12-22(34-2)13-11-20/h3-4,7,9-13,18H,5-6,8,14-17H2,1-2H3/b21-18-. The fraction of sp³-hybridized carbons (Fsp3) is 0.321. The number of carbonyl (C=O) groups is 2. The Morgan fingerprint density at radius 1 is 0.941 bits per heavy atom. The Morgan fingerprint density at radius 2 is 1.65 bits per heavy atom. The smallest absolute Gasteiger partial charge is 0.255 e. The lowest BCUT2D eigenvalue weighted by molar-refractivity contribution is -0.130. The molecule has 0 N–H and O–H groups in total. The molecule has 0 bridgehead atoms. The Bertz CT molecular complexity index is 1270. The predicted molar refractivity (Wildman–Crippen MR) is 134 cm³/mol. The summed E-state index contributed by atoms with van der Waals surface area (Å²) in [5, 5.41) is 0.908. The fourth-order valence-corrected chi connectivity index (χ4v) is 5.00. The average molecular weight is 456 g/mol. The van der Waals surface area contributed by atoms with Gasteiger partial charge in [-0.25, -0.2) is 4.98 Å². The minimum Gasteiger partial charge on any atom is -0.497 e. The number of allylic oxidation sites excluding steroid dienone is 1. The summed E-state index contributed by atoms with van der Waals surface area (Å²) in [5.74, 6) is 0.934. The van der Waals surface area contributed by atoms with E-state index in [1.165, 1.54) is 0 Å². The van der Waals surface area contributed by atoms with Crippen LogP contribution in [0, 0.1) is 0 Å². The van der Waals surface area contributed by atoms with Crippen LogP contribution in [0.1, 0.15) is 46.9 Å². The van der Waals surface area contributed by atoms with Crippen LogP contribution < -0.4 is 4.74 Å². The van der Waals surface area contributed by atoms with Crippen molar-refractivity contribution in [1.29, 1.82) is 0 Å². The van der Waals surface area contributed by atoms with E-state index in [1.807, 2.05) is 53.4 Å². The van der Waals surface area contributed by atoms with Crippen LogP contribution >= 0.6 is 0 Å². The van der Waals surface area contributed by atoms with E-state index in [-0.39, 0.29) is 11.8 Å². The summed E-state index contributed by atoms with van der Waals surface area (Å²) in [4.78, 5) is 34.3. The van der Waals surface area contributed by atoms with Crippen molar-refractivity contribution in [2.45, 2.75) is 26.2 Å². The first-order valence-corrected chi connectivity index (χ1v) is 11.9. The number of rotatable bonds is 3. The van der Waals surface area contributed by atoms with E-state index in [4.69, 9.17) is 9.72 Å². The number of hydrogen-bond donors (Lipinski definition) is 0. The molecule has 2 aromatic carbocycles. The molecule has 0 radical (unpaired) electrons. The quantitative estimate of drug-likeness (QED) is 0.586. The molecular weight excluding hydrogens is 426 g/mol. The maximum absolute atomic E-state index is 13.9. The summed E-state index contributed by atoms with van der Waals surface area (Å²) in [5.41, 5.74) is 5.85. The van der Waals surface area contributed by atoms with Crippen molar-refractivity contribution >= 4 is 34.4 Å². The first-order valence-electron chi connectivity index (χ1n) is 11.9. The van der Waals surface area contributed by atoms with Crippen molar-refractivity contribution in [3.63, 3.8) is 0 Å². The molecule has 1 fully saturated rings. The largest absolute Gasteiger partial charge is 0.497 e. The van der Waals surface area contributed by atoms with Crippen molar-refractivity contribution in [2.24, 2.45) is 0 Å². The monoisotopic (exact) mass is 455 g/mol. The van der Waals surface area contributed by atoms with E-state index >= 15 is 0 Å². The van der Waals surface area contributed by atoms with Gasteiger partial charge in [-0.3, -0.25) is 9.59 Å². The molecule has 1 aliphatic heterocycles. The minimum atomic E-state index is 0.0451. The Hall–Kier alpha value is -3.67. The molecule has 1 aromatic heterocycles. The molecule has 0 unspecified atom stereocenters. The fourth-order valence-electron chi connectivity index (χ4n) is 5.00. The molecule has 1 saturated heterocycles. The van der Waals surface area contributed by atoms with Crippen LogP contribution in [-0.4, -0.2) is 59.9 Å². The SMILES string of the molecule is COc1ccc(/C=C2/CCCc3c2nc2ccccc2c3C(=O)N2CCN(C(C)=O)CC2)cc1. The number of fused-ring (bicyclic) bond motifs is 2. The number of methoxy groups -OCH3 is 1. The molecule has 5 rings (SSSR count). The Balaban J connectivity index is 1.57. The zero-order chi connectivity index (χ0) is 23.7. The van der Waals surface area contributed by atoms with Crippen LogP contribution in [0.25, 0.3) is 22.6 Å². The van der Waals surface area contributed by atoms with E-state index in [9.17, 15) is 9.59 Å². The molecule has 1 aliphatic carbocycles. The summed E-state index contributed by atoms with van der Waals surface area (Å²) >= 11 is 0. The van der Waals surface area contributed by atoms with E-state index in [0.717, 1.165) is 63.9 Å². The van der Waals surface area contributed by atoms with Gasteiger partial charge in [0.25, 0.3) is 5.91 Å². The minimum absolute atomic E-state index is 0.0451. The number of amides is 2. The van der Waals surface area contributed by atoms with E-state index in [0.29, 0.717) is 26.2 Å². The van der Waals surface area contributed by atoms with Crippen LogP contribution in [-0.2, 0) is 11.2 Å². The number of piperazine rings is 1. The van der Waals surface area contributed by atoms with Gasteiger partial charge in [-0.15, -0.1) is 0 Å². The van der Waals surface area contributed by atoms with E-state index < -0.39 is 0 Å². The molecule has 3 aromatic rings. The number of hydrogen-bond acceptors (Lipinski definition) is 4. The molecule has 2 heterocycles. The molecule has 34 heavy (non-hydrogen) atoms. The zero-order valence-electron chi connectivity index (χ0n) is 19.7. The van der Waals surface area contributed by atoms with Crippen molar-refractivity contribution in [3.8, 4) is 5.75 Å². The number of ether oxygens (including phenoxy) is 1. The van der Waals surface area contributed by atoms with Gasteiger partial charge < -0.3 is 14.5 Å². The van der Waals surface area contributed by atoms with Gasteiger partial charge in [0.15, 0.2) is 0 Å². The highest BCUT2D eigenvalue weighted by molar-refractivity contribution is 6.09. The first kappa shape index (κ1) is 22.1. The lowest BCUT2D eigenvalue weighted by Gasteiger charge is -2.35. The van der Waals surface area contributed by atoms with Gasteiger partial charge >= 0.3 is 0 Å². The predicted octanol–water partition coefficient (Wildman–Crippen LogP) is 4.42. The van der Waals surface area contributed by atoms with Gasteiger partial charge in [0.05, 0.1) is 23.9 Å². The summed E-state index contributed by atoms with van der Waals surface area (Å²) < 4.78 is 5.29. The molecule has 174 valence electrons. The summed E-state index contributed by atoms with van der Waals surface area (Å²) in [6.45, 7) is 3.85.